The number of fused-ring (bicyclic) bond motifs is 2. The van der Waals surface area contributed by atoms with Crippen LogP contribution >= 0.6 is 0 Å². The van der Waals surface area contributed by atoms with E-state index in [2.05, 4.69) is 0 Å². The molecule has 3 aromatic rings. The topological polar surface area (TPSA) is 46.3 Å². The molecule has 0 spiro atoms. The summed E-state index contributed by atoms with van der Waals surface area (Å²) in [6, 6.07) is 11.1. The zero-order valence-electron chi connectivity index (χ0n) is 15.5. The van der Waals surface area contributed by atoms with Crippen LogP contribution in [0.2, 0.25) is 0 Å². The molecule has 0 fully saturated rings. The van der Waals surface area contributed by atoms with Crippen molar-refractivity contribution in [3.8, 4) is 0 Å². The van der Waals surface area contributed by atoms with Crippen molar-refractivity contribution < 1.29 is 18.0 Å². The summed E-state index contributed by atoms with van der Waals surface area (Å²) in [5.74, 6) is 0.329. The number of pyridine rings is 1. The molecule has 28 heavy (non-hydrogen) atoms. The molecule has 0 saturated heterocycles. The van der Waals surface area contributed by atoms with Crippen molar-refractivity contribution in [2.24, 2.45) is 0 Å². The lowest BCUT2D eigenvalue weighted by Crippen LogP contribution is -2.32. The predicted octanol–water partition coefficient (Wildman–Crippen LogP) is 5.04. The number of allylic oxidation sites excluding steroid dienone is 1. The molecule has 0 unspecified atom stereocenters. The van der Waals surface area contributed by atoms with Gasteiger partial charge in [0, 0.05) is 12.4 Å². The molecule has 0 bridgehead atoms. The van der Waals surface area contributed by atoms with E-state index < -0.39 is 18.9 Å². The molecule has 1 amide bonds. The summed E-state index contributed by atoms with van der Waals surface area (Å²) in [5.41, 5.74) is 3.74. The fraction of sp³-hybridized carbons (Fsp3) is 0.273. The van der Waals surface area contributed by atoms with Gasteiger partial charge >= 0.3 is 0 Å². The third-order valence-electron chi connectivity index (χ3n) is 5.00. The van der Waals surface area contributed by atoms with Crippen molar-refractivity contribution >= 4 is 28.5 Å². The average Bonchev–Trinajstić information content (AvgIpc) is 3.18. The third kappa shape index (κ3) is 3.42. The van der Waals surface area contributed by atoms with Crippen molar-refractivity contribution in [3.05, 3.63) is 65.2 Å². The quantitative estimate of drug-likeness (QED) is 0.635. The van der Waals surface area contributed by atoms with Crippen LogP contribution in [0.3, 0.4) is 0 Å². The summed E-state index contributed by atoms with van der Waals surface area (Å²) in [4.78, 5) is 19.0. The predicted molar refractivity (Wildman–Crippen MR) is 104 cm³/mol. The highest BCUT2D eigenvalue weighted by Crippen LogP contribution is 2.36. The Bertz CT molecular complexity index is 1040. The molecule has 0 atom stereocenters. The first-order valence-corrected chi connectivity index (χ1v) is 9.24. The molecule has 6 heteroatoms. The number of nitrogens with zero attached hydrogens (tertiary/aromatic N) is 2. The second-order valence-corrected chi connectivity index (χ2v) is 6.95. The second kappa shape index (κ2) is 7.54. The van der Waals surface area contributed by atoms with Crippen molar-refractivity contribution in [2.45, 2.75) is 25.7 Å². The van der Waals surface area contributed by atoms with Gasteiger partial charge in [-0.25, -0.2) is 13.8 Å². The number of alkyl halides is 2. The normalized spacial score (nSPS) is 15.2. The highest BCUT2D eigenvalue weighted by Gasteiger charge is 2.27. The molecule has 0 aliphatic heterocycles. The van der Waals surface area contributed by atoms with E-state index in [0.29, 0.717) is 22.9 Å². The number of hydrogen-bond acceptors (Lipinski definition) is 3. The van der Waals surface area contributed by atoms with Gasteiger partial charge in [-0.3, -0.25) is 4.79 Å². The van der Waals surface area contributed by atoms with Gasteiger partial charge in [0.15, 0.2) is 0 Å². The van der Waals surface area contributed by atoms with Gasteiger partial charge in [0.1, 0.15) is 5.76 Å². The Balaban J connectivity index is 1.91. The summed E-state index contributed by atoms with van der Waals surface area (Å²) < 4.78 is 31.2. The fourth-order valence-electron chi connectivity index (χ4n) is 3.75. The average molecular weight is 382 g/mol. The molecule has 1 aliphatic rings. The van der Waals surface area contributed by atoms with Crippen LogP contribution in [-0.4, -0.2) is 35.8 Å². The van der Waals surface area contributed by atoms with E-state index in [0.717, 1.165) is 40.3 Å². The van der Waals surface area contributed by atoms with E-state index in [1.54, 1.807) is 6.26 Å². The summed E-state index contributed by atoms with van der Waals surface area (Å²) in [7, 11) is 1.42. The molecule has 4 nitrogen and oxygen atoms in total. The van der Waals surface area contributed by atoms with Crippen LogP contribution in [0, 0.1) is 0 Å². The molecule has 1 aliphatic carbocycles. The van der Waals surface area contributed by atoms with E-state index in [4.69, 9.17) is 9.40 Å². The zero-order valence-corrected chi connectivity index (χ0v) is 15.5. The van der Waals surface area contributed by atoms with Gasteiger partial charge in [-0.1, -0.05) is 18.2 Å². The number of carbonyl (C=O) groups excluding carboxylic acids is 1. The van der Waals surface area contributed by atoms with Gasteiger partial charge in [0.2, 0.25) is 0 Å². The Morgan fingerprint density at radius 3 is 2.82 bits per heavy atom. The molecule has 1 aromatic carbocycles. The van der Waals surface area contributed by atoms with E-state index >= 15 is 0 Å². The molecule has 2 aromatic heterocycles. The lowest BCUT2D eigenvalue weighted by Gasteiger charge is -2.25. The van der Waals surface area contributed by atoms with Crippen LogP contribution in [-0.2, 0) is 6.42 Å². The molecule has 0 saturated carbocycles. The molecule has 2 heterocycles. The smallest absolute Gasteiger partial charge is 0.255 e. The maximum absolute atomic E-state index is 13.1. The Labute approximate surface area is 161 Å². The molecule has 4 rings (SSSR count). The zero-order chi connectivity index (χ0) is 19.7. The summed E-state index contributed by atoms with van der Waals surface area (Å²) in [6.45, 7) is -0.598. The largest absolute Gasteiger partial charge is 0.465 e. The number of benzene rings is 1. The van der Waals surface area contributed by atoms with Crippen LogP contribution in [0.1, 0.15) is 40.2 Å². The minimum Gasteiger partial charge on any atom is -0.465 e. The molecule has 0 N–H and O–H groups in total. The van der Waals surface area contributed by atoms with E-state index in [1.165, 1.54) is 7.05 Å². The van der Waals surface area contributed by atoms with Crippen molar-refractivity contribution in [1.29, 1.82) is 0 Å². The maximum atomic E-state index is 13.1. The lowest BCUT2D eigenvalue weighted by atomic mass is 9.86. The van der Waals surface area contributed by atoms with Crippen LogP contribution < -0.4 is 0 Å². The standard InChI is InChI=1S/C22H20F2N2O2/c1-26(13-19(23)24)22(27)20-16-8-2-3-10-18(16)25-21-14(6-4-9-17(20)21)12-15-7-5-11-28-15/h2-3,5,7-8,10-12,19H,4,6,9,13H2,1H3/b14-12-. The Hall–Kier alpha value is -3.02. The number of aromatic nitrogens is 1. The SMILES string of the molecule is CN(CC(F)F)C(=O)c1c2c(nc3ccccc13)/C(=C\c1ccco1)CCC2. The van der Waals surface area contributed by atoms with Crippen molar-refractivity contribution in [2.75, 3.05) is 13.6 Å². The second-order valence-electron chi connectivity index (χ2n) is 6.95. The first kappa shape index (κ1) is 18.3. The van der Waals surface area contributed by atoms with Crippen LogP contribution in [0.4, 0.5) is 8.78 Å². The summed E-state index contributed by atoms with van der Waals surface area (Å²) in [5, 5.41) is 0.701. The van der Waals surface area contributed by atoms with Crippen molar-refractivity contribution in [1.82, 2.24) is 9.88 Å². The molecule has 144 valence electrons. The first-order valence-electron chi connectivity index (χ1n) is 9.24. The third-order valence-corrected chi connectivity index (χ3v) is 5.00. The minimum absolute atomic E-state index is 0.394. The number of halogens is 2. The number of hydrogen-bond donors (Lipinski definition) is 0. The van der Waals surface area contributed by atoms with Gasteiger partial charge in [0.05, 0.1) is 29.6 Å². The summed E-state index contributed by atoms with van der Waals surface area (Å²) >= 11 is 0. The minimum atomic E-state index is -2.58. The monoisotopic (exact) mass is 382 g/mol. The maximum Gasteiger partial charge on any atom is 0.255 e. The van der Waals surface area contributed by atoms with Crippen molar-refractivity contribution in [3.63, 3.8) is 0 Å². The lowest BCUT2D eigenvalue weighted by molar-refractivity contribution is 0.0621. The van der Waals surface area contributed by atoms with Gasteiger partial charge in [-0.15, -0.1) is 0 Å². The Morgan fingerprint density at radius 1 is 1.25 bits per heavy atom. The van der Waals surface area contributed by atoms with Crippen LogP contribution in [0.15, 0.2) is 47.1 Å². The Kier molecular flexibility index (Phi) is 4.94. The van der Waals surface area contributed by atoms with E-state index in [1.807, 2.05) is 42.5 Å². The van der Waals surface area contributed by atoms with E-state index in [-0.39, 0.29) is 0 Å². The van der Waals surface area contributed by atoms with Gasteiger partial charge in [-0.2, -0.15) is 0 Å². The van der Waals surface area contributed by atoms with E-state index in [9.17, 15) is 13.6 Å². The summed E-state index contributed by atoms with van der Waals surface area (Å²) in [6.07, 6.45) is 3.34. The number of rotatable bonds is 4. The fourth-order valence-corrected chi connectivity index (χ4v) is 3.75. The number of furan rings is 1. The number of para-hydroxylation sites is 1. The van der Waals surface area contributed by atoms with Gasteiger partial charge in [-0.05, 0) is 54.7 Å². The van der Waals surface area contributed by atoms with Crippen LogP contribution in [0.5, 0.6) is 0 Å². The molecular formula is C22H20F2N2O2. The number of amides is 1. The van der Waals surface area contributed by atoms with Gasteiger partial charge < -0.3 is 9.32 Å². The highest BCUT2D eigenvalue weighted by molar-refractivity contribution is 6.09. The number of carbonyl (C=O) groups is 1. The first-order chi connectivity index (χ1) is 13.5. The molecular weight excluding hydrogens is 362 g/mol. The van der Waals surface area contributed by atoms with Crippen LogP contribution in [0.25, 0.3) is 22.6 Å². The highest BCUT2D eigenvalue weighted by atomic mass is 19.3. The van der Waals surface area contributed by atoms with Gasteiger partial charge in [0.25, 0.3) is 12.3 Å². The Morgan fingerprint density at radius 2 is 2.07 bits per heavy atom. The molecule has 0 radical (unpaired) electrons.